The van der Waals surface area contributed by atoms with Crippen molar-refractivity contribution < 1.29 is 28.7 Å². The SMILES string of the molecule is [B]C[C@@]12CC[C@@H]3[C@@](CC1=O)(C2)[C@@H](C(=O)OC)[C@@H]1[C@@]2(C)C(=O)C=C[C@]13OC2=O. The van der Waals surface area contributed by atoms with Gasteiger partial charge in [0.1, 0.15) is 16.8 Å². The first-order valence-electron chi connectivity index (χ1n) is 9.50. The van der Waals surface area contributed by atoms with Crippen molar-refractivity contribution in [3.63, 3.8) is 0 Å². The molecule has 4 bridgehead atoms. The van der Waals surface area contributed by atoms with Crippen molar-refractivity contribution in [2.45, 2.75) is 44.5 Å². The van der Waals surface area contributed by atoms with Gasteiger partial charge in [0, 0.05) is 23.7 Å². The zero-order chi connectivity index (χ0) is 19.4. The zero-order valence-corrected chi connectivity index (χ0v) is 15.4. The summed E-state index contributed by atoms with van der Waals surface area (Å²) in [4.78, 5) is 51.5. The standard InChI is InChI=1S/C20H21BO6/c1-17-11(22)4-6-20(27-16(17)25)10-3-5-18(9-21)8-19(10,7-12(18)23)13(14(17)20)15(24)26-2/h4,6,10,13-14H,3,5,7-9H2,1-2H3/t10-,13-,14-,17-,18+,19-,20-/m1/s1. The number of allylic oxidation sites excluding steroid dienone is 1. The molecule has 2 radical (unpaired) electrons. The second-order valence-corrected chi connectivity index (χ2v) is 9.21. The first-order chi connectivity index (χ1) is 12.7. The van der Waals surface area contributed by atoms with E-state index in [0.717, 1.165) is 0 Å². The maximum Gasteiger partial charge on any atom is 0.321 e. The number of hydrogen-bond acceptors (Lipinski definition) is 6. The van der Waals surface area contributed by atoms with Gasteiger partial charge in [-0.3, -0.25) is 19.2 Å². The lowest BCUT2D eigenvalue weighted by molar-refractivity contribution is -0.161. The van der Waals surface area contributed by atoms with Crippen LogP contribution < -0.4 is 0 Å². The van der Waals surface area contributed by atoms with Gasteiger partial charge in [0.15, 0.2) is 5.78 Å². The number of ether oxygens (including phenoxy) is 2. The number of fused-ring (bicyclic) bond motifs is 1. The third-order valence-electron chi connectivity index (χ3n) is 8.51. The number of carbonyl (C=O) groups is 4. The Hall–Kier alpha value is -1.92. The Morgan fingerprint density at radius 2 is 2.11 bits per heavy atom. The molecule has 5 rings (SSSR count). The Morgan fingerprint density at radius 3 is 2.78 bits per heavy atom. The quantitative estimate of drug-likeness (QED) is 0.413. The summed E-state index contributed by atoms with van der Waals surface area (Å²) in [5.74, 6) is -2.89. The molecule has 0 aromatic heterocycles. The van der Waals surface area contributed by atoms with Crippen LogP contribution in [0.4, 0.5) is 0 Å². The van der Waals surface area contributed by atoms with E-state index in [1.54, 1.807) is 13.0 Å². The Bertz CT molecular complexity index is 849. The zero-order valence-electron chi connectivity index (χ0n) is 15.4. The molecule has 0 unspecified atom stereocenters. The third-order valence-corrected chi connectivity index (χ3v) is 8.51. The fraction of sp³-hybridized carbons (Fsp3) is 0.700. The first kappa shape index (κ1) is 17.2. The topological polar surface area (TPSA) is 86.7 Å². The molecule has 4 aliphatic carbocycles. The summed E-state index contributed by atoms with van der Waals surface area (Å²) in [5.41, 5.74) is -3.74. The average molecular weight is 368 g/mol. The number of hydrogen-bond donors (Lipinski definition) is 0. The second kappa shape index (κ2) is 4.73. The van der Waals surface area contributed by atoms with Crippen molar-refractivity contribution in [2.24, 2.45) is 34.0 Å². The van der Waals surface area contributed by atoms with E-state index in [4.69, 9.17) is 17.3 Å². The highest BCUT2D eigenvalue weighted by molar-refractivity contribution is 6.14. The van der Waals surface area contributed by atoms with E-state index < -0.39 is 45.6 Å². The van der Waals surface area contributed by atoms with E-state index >= 15 is 0 Å². The molecule has 0 amide bonds. The fourth-order valence-corrected chi connectivity index (χ4v) is 7.37. The maximum absolute atomic E-state index is 13.0. The predicted octanol–water partition coefficient (Wildman–Crippen LogP) is 1.18. The minimum atomic E-state index is -1.42. The molecule has 4 fully saturated rings. The molecule has 0 N–H and O–H groups in total. The minimum Gasteiger partial charge on any atom is -0.469 e. The van der Waals surface area contributed by atoms with Crippen molar-refractivity contribution >= 4 is 31.4 Å². The number of esters is 2. The van der Waals surface area contributed by atoms with Crippen molar-refractivity contribution in [1.29, 1.82) is 0 Å². The Morgan fingerprint density at radius 1 is 1.37 bits per heavy atom. The van der Waals surface area contributed by atoms with E-state index in [0.29, 0.717) is 19.3 Å². The van der Waals surface area contributed by atoms with E-state index in [1.807, 2.05) is 0 Å². The largest absolute Gasteiger partial charge is 0.469 e. The van der Waals surface area contributed by atoms with Crippen molar-refractivity contribution in [3.05, 3.63) is 12.2 Å². The number of carbonyl (C=O) groups excluding carboxylic acids is 4. The molecule has 1 saturated heterocycles. The van der Waals surface area contributed by atoms with Crippen molar-refractivity contribution in [2.75, 3.05) is 7.11 Å². The van der Waals surface area contributed by atoms with Gasteiger partial charge in [0.25, 0.3) is 0 Å². The molecule has 27 heavy (non-hydrogen) atoms. The van der Waals surface area contributed by atoms with E-state index in [1.165, 1.54) is 13.2 Å². The van der Waals surface area contributed by atoms with E-state index in [9.17, 15) is 19.2 Å². The summed E-state index contributed by atoms with van der Waals surface area (Å²) >= 11 is 0. The van der Waals surface area contributed by atoms with Crippen LogP contribution in [0.5, 0.6) is 0 Å². The third kappa shape index (κ3) is 1.55. The molecule has 1 spiro atoms. The van der Waals surface area contributed by atoms with Crippen molar-refractivity contribution in [3.8, 4) is 0 Å². The van der Waals surface area contributed by atoms with Gasteiger partial charge >= 0.3 is 11.9 Å². The van der Waals surface area contributed by atoms with Crippen LogP contribution in [0, 0.1) is 34.0 Å². The molecule has 6 nitrogen and oxygen atoms in total. The van der Waals surface area contributed by atoms with Gasteiger partial charge in [-0.25, -0.2) is 0 Å². The molecule has 140 valence electrons. The van der Waals surface area contributed by atoms with Crippen LogP contribution in [0.3, 0.4) is 0 Å². The molecule has 0 aromatic rings. The molecule has 5 aliphatic rings. The molecular weight excluding hydrogens is 347 g/mol. The number of Topliss-reactive ketones (excluding diaryl/α,β-unsaturated/α-hetero) is 1. The van der Waals surface area contributed by atoms with Crippen LogP contribution in [-0.4, -0.2) is 44.1 Å². The molecule has 3 saturated carbocycles. The number of ketones is 2. The van der Waals surface area contributed by atoms with Crippen LogP contribution in [0.1, 0.15) is 32.6 Å². The molecule has 7 heteroatoms. The smallest absolute Gasteiger partial charge is 0.321 e. The summed E-state index contributed by atoms with van der Waals surface area (Å²) in [7, 11) is 7.31. The predicted molar refractivity (Wildman–Crippen MR) is 92.5 cm³/mol. The minimum absolute atomic E-state index is 0.0825. The maximum atomic E-state index is 13.0. The first-order valence-corrected chi connectivity index (χ1v) is 9.50. The van der Waals surface area contributed by atoms with Gasteiger partial charge in [0.05, 0.1) is 20.9 Å². The lowest BCUT2D eigenvalue weighted by Gasteiger charge is -2.45. The Labute approximate surface area is 158 Å². The molecule has 1 heterocycles. The van der Waals surface area contributed by atoms with E-state index in [-0.39, 0.29) is 30.2 Å². The monoisotopic (exact) mass is 368 g/mol. The normalized spacial score (nSPS) is 51.8. The number of methoxy groups -OCH3 is 1. The summed E-state index contributed by atoms with van der Waals surface area (Å²) in [6.45, 7) is 1.57. The molecule has 7 atom stereocenters. The van der Waals surface area contributed by atoms with Gasteiger partial charge < -0.3 is 9.47 Å². The van der Waals surface area contributed by atoms with Gasteiger partial charge in [-0.15, -0.1) is 0 Å². The number of rotatable bonds is 2. The summed E-state index contributed by atoms with van der Waals surface area (Å²) in [5, 5.41) is 0. The van der Waals surface area contributed by atoms with Crippen LogP contribution in [0.25, 0.3) is 0 Å². The lowest BCUT2D eigenvalue weighted by Crippen LogP contribution is -2.49. The van der Waals surface area contributed by atoms with E-state index in [2.05, 4.69) is 0 Å². The summed E-state index contributed by atoms with van der Waals surface area (Å²) < 4.78 is 11.0. The highest BCUT2D eigenvalue weighted by atomic mass is 16.6. The van der Waals surface area contributed by atoms with Gasteiger partial charge in [-0.2, -0.15) is 0 Å². The van der Waals surface area contributed by atoms with Crippen LogP contribution in [0.15, 0.2) is 12.2 Å². The van der Waals surface area contributed by atoms with Crippen LogP contribution in [0.2, 0.25) is 6.32 Å². The summed E-state index contributed by atoms with van der Waals surface area (Å²) in [6.07, 6.45) is 5.33. The van der Waals surface area contributed by atoms with Gasteiger partial charge in [0.2, 0.25) is 0 Å². The molecular formula is C20H21BO6. The van der Waals surface area contributed by atoms with Crippen LogP contribution >= 0.6 is 0 Å². The molecule has 0 aromatic carbocycles. The summed E-state index contributed by atoms with van der Waals surface area (Å²) in [6, 6.07) is 0. The van der Waals surface area contributed by atoms with Gasteiger partial charge in [-0.1, -0.05) is 6.32 Å². The second-order valence-electron chi connectivity index (χ2n) is 9.21. The van der Waals surface area contributed by atoms with Crippen LogP contribution in [-0.2, 0) is 28.7 Å². The highest BCUT2D eigenvalue weighted by Crippen LogP contribution is 2.77. The van der Waals surface area contributed by atoms with Gasteiger partial charge in [-0.05, 0) is 43.8 Å². The highest BCUT2D eigenvalue weighted by Gasteiger charge is 2.84. The Balaban J connectivity index is 1.77. The fourth-order valence-electron chi connectivity index (χ4n) is 7.37. The van der Waals surface area contributed by atoms with Crippen molar-refractivity contribution in [1.82, 2.24) is 0 Å². The Kier molecular flexibility index (Phi) is 3.01. The molecule has 1 aliphatic heterocycles. The lowest BCUT2D eigenvalue weighted by atomic mass is 9.57. The average Bonchev–Trinajstić information content (AvgIpc) is 3.09.